The Hall–Kier alpha value is -3.28. The summed E-state index contributed by atoms with van der Waals surface area (Å²) in [6, 6.07) is 16.6. The maximum absolute atomic E-state index is 12.4. The van der Waals surface area contributed by atoms with Crippen molar-refractivity contribution in [3.63, 3.8) is 0 Å². The summed E-state index contributed by atoms with van der Waals surface area (Å²) in [6.45, 7) is 0.426. The van der Waals surface area contributed by atoms with E-state index in [4.69, 9.17) is 4.74 Å². The second-order valence-electron chi connectivity index (χ2n) is 5.68. The van der Waals surface area contributed by atoms with Crippen LogP contribution in [0.15, 0.2) is 67.0 Å². The van der Waals surface area contributed by atoms with E-state index in [1.165, 1.54) is 0 Å². The summed E-state index contributed by atoms with van der Waals surface area (Å²) in [5.74, 6) is 2.23. The van der Waals surface area contributed by atoms with Crippen LogP contribution < -0.4 is 10.1 Å². The minimum atomic E-state index is -0.208. The first-order chi connectivity index (χ1) is 12.1. The Morgan fingerprint density at radius 2 is 1.92 bits per heavy atom. The van der Waals surface area contributed by atoms with Crippen LogP contribution in [0.25, 0.3) is 0 Å². The fourth-order valence-corrected chi connectivity index (χ4v) is 2.31. The van der Waals surface area contributed by atoms with Crippen molar-refractivity contribution in [2.45, 2.75) is 6.54 Å². The van der Waals surface area contributed by atoms with Crippen LogP contribution >= 0.6 is 0 Å². The topological polar surface area (TPSA) is 59.4 Å². The number of imidazole rings is 1. The molecule has 0 atom stereocenters. The fourth-order valence-electron chi connectivity index (χ4n) is 2.31. The molecular formula is C19H20N4O2. The van der Waals surface area contributed by atoms with Crippen molar-refractivity contribution in [3.05, 3.63) is 72.8 Å². The zero-order chi connectivity index (χ0) is 17.6. The molecule has 0 saturated carbocycles. The maximum Gasteiger partial charge on any atom is 0.321 e. The van der Waals surface area contributed by atoms with Crippen molar-refractivity contribution in [3.8, 4) is 11.5 Å². The number of hydrogen-bond donors (Lipinski definition) is 1. The third-order valence-corrected chi connectivity index (χ3v) is 3.71. The number of anilines is 1. The van der Waals surface area contributed by atoms with E-state index in [-0.39, 0.29) is 6.03 Å². The van der Waals surface area contributed by atoms with Gasteiger partial charge in [-0.05, 0) is 24.3 Å². The average Bonchev–Trinajstić information content (AvgIpc) is 3.01. The zero-order valence-electron chi connectivity index (χ0n) is 14.2. The third-order valence-electron chi connectivity index (χ3n) is 3.71. The number of ether oxygens (including phenoxy) is 1. The molecule has 1 aromatic heterocycles. The van der Waals surface area contributed by atoms with Crippen molar-refractivity contribution < 1.29 is 9.53 Å². The second-order valence-corrected chi connectivity index (χ2v) is 5.68. The van der Waals surface area contributed by atoms with Gasteiger partial charge in [-0.2, -0.15) is 0 Å². The molecule has 0 unspecified atom stereocenters. The molecule has 0 saturated heterocycles. The maximum atomic E-state index is 12.4. The number of carbonyl (C=O) groups excluding carboxylic acids is 1. The first kappa shape index (κ1) is 16.6. The molecule has 2 amide bonds. The number of aryl methyl sites for hydroxylation is 1. The van der Waals surface area contributed by atoms with E-state index in [0.29, 0.717) is 18.0 Å². The van der Waals surface area contributed by atoms with Crippen molar-refractivity contribution >= 4 is 11.7 Å². The van der Waals surface area contributed by atoms with Gasteiger partial charge < -0.3 is 19.5 Å². The lowest BCUT2D eigenvalue weighted by Gasteiger charge is -2.18. The number of aromatic nitrogens is 2. The molecule has 3 rings (SSSR count). The summed E-state index contributed by atoms with van der Waals surface area (Å²) in [7, 11) is 3.63. The SMILES string of the molecule is CN(Cc1nccn1C)C(=O)Nc1cccc(Oc2ccccc2)c1. The highest BCUT2D eigenvalue weighted by Gasteiger charge is 2.12. The van der Waals surface area contributed by atoms with E-state index >= 15 is 0 Å². The molecule has 2 aromatic carbocycles. The number of carbonyl (C=O) groups is 1. The Morgan fingerprint density at radius 1 is 1.16 bits per heavy atom. The van der Waals surface area contributed by atoms with Crippen LogP contribution in [0.3, 0.4) is 0 Å². The van der Waals surface area contributed by atoms with Gasteiger partial charge in [0.15, 0.2) is 0 Å². The van der Waals surface area contributed by atoms with Crippen LogP contribution in [0.2, 0.25) is 0 Å². The van der Waals surface area contributed by atoms with Crippen LogP contribution in [-0.4, -0.2) is 27.5 Å². The van der Waals surface area contributed by atoms with E-state index in [1.54, 1.807) is 24.2 Å². The normalized spacial score (nSPS) is 10.3. The Balaban J connectivity index is 1.63. The molecular weight excluding hydrogens is 316 g/mol. The van der Waals surface area contributed by atoms with Gasteiger partial charge in [-0.25, -0.2) is 9.78 Å². The van der Waals surface area contributed by atoms with E-state index in [9.17, 15) is 4.79 Å². The monoisotopic (exact) mass is 336 g/mol. The molecule has 6 heteroatoms. The van der Waals surface area contributed by atoms with Crippen molar-refractivity contribution in [2.24, 2.45) is 7.05 Å². The van der Waals surface area contributed by atoms with Gasteiger partial charge in [0.2, 0.25) is 0 Å². The summed E-state index contributed by atoms with van der Waals surface area (Å²) >= 11 is 0. The van der Waals surface area contributed by atoms with Crippen LogP contribution in [0.4, 0.5) is 10.5 Å². The third kappa shape index (κ3) is 4.38. The summed E-state index contributed by atoms with van der Waals surface area (Å²) in [4.78, 5) is 18.2. The van der Waals surface area contributed by atoms with Gasteiger partial charge in [0.1, 0.15) is 17.3 Å². The number of nitrogens with one attached hydrogen (secondary N) is 1. The summed E-state index contributed by atoms with van der Waals surface area (Å²) in [5, 5.41) is 2.87. The van der Waals surface area contributed by atoms with Gasteiger partial charge in [-0.1, -0.05) is 24.3 Å². The van der Waals surface area contributed by atoms with Gasteiger partial charge in [-0.3, -0.25) is 0 Å². The van der Waals surface area contributed by atoms with Crippen LogP contribution in [-0.2, 0) is 13.6 Å². The molecule has 1 N–H and O–H groups in total. The highest BCUT2D eigenvalue weighted by Crippen LogP contribution is 2.24. The highest BCUT2D eigenvalue weighted by molar-refractivity contribution is 5.89. The van der Waals surface area contributed by atoms with Gasteiger partial charge in [0.05, 0.1) is 6.54 Å². The van der Waals surface area contributed by atoms with Crippen LogP contribution in [0.5, 0.6) is 11.5 Å². The molecule has 0 aliphatic rings. The van der Waals surface area contributed by atoms with Crippen LogP contribution in [0, 0.1) is 0 Å². The zero-order valence-corrected chi connectivity index (χ0v) is 14.2. The average molecular weight is 336 g/mol. The highest BCUT2D eigenvalue weighted by atomic mass is 16.5. The number of benzene rings is 2. The minimum Gasteiger partial charge on any atom is -0.457 e. The smallest absolute Gasteiger partial charge is 0.321 e. The lowest BCUT2D eigenvalue weighted by atomic mass is 10.3. The predicted molar refractivity (Wildman–Crippen MR) is 96.7 cm³/mol. The first-order valence-corrected chi connectivity index (χ1v) is 7.93. The molecule has 25 heavy (non-hydrogen) atoms. The van der Waals surface area contributed by atoms with Gasteiger partial charge in [-0.15, -0.1) is 0 Å². The lowest BCUT2D eigenvalue weighted by molar-refractivity contribution is 0.219. The Labute approximate surface area is 146 Å². The molecule has 3 aromatic rings. The number of urea groups is 1. The number of hydrogen-bond acceptors (Lipinski definition) is 3. The molecule has 0 radical (unpaired) electrons. The summed E-state index contributed by atoms with van der Waals surface area (Å²) in [6.07, 6.45) is 3.57. The van der Waals surface area contributed by atoms with Crippen molar-refractivity contribution in [1.82, 2.24) is 14.5 Å². The molecule has 0 fully saturated rings. The molecule has 128 valence electrons. The first-order valence-electron chi connectivity index (χ1n) is 7.93. The molecule has 1 heterocycles. The van der Waals surface area contributed by atoms with E-state index in [1.807, 2.05) is 66.3 Å². The van der Waals surface area contributed by atoms with E-state index in [0.717, 1.165) is 11.6 Å². The van der Waals surface area contributed by atoms with E-state index < -0.39 is 0 Å². The largest absolute Gasteiger partial charge is 0.457 e. The minimum absolute atomic E-state index is 0.208. The second kappa shape index (κ2) is 7.53. The predicted octanol–water partition coefficient (Wildman–Crippen LogP) is 3.88. The number of amides is 2. The van der Waals surface area contributed by atoms with Crippen LogP contribution in [0.1, 0.15) is 5.82 Å². The number of rotatable bonds is 5. The number of para-hydroxylation sites is 1. The fraction of sp³-hybridized carbons (Fsp3) is 0.158. The number of nitrogens with zero attached hydrogens (tertiary/aromatic N) is 3. The summed E-state index contributed by atoms with van der Waals surface area (Å²) in [5.41, 5.74) is 0.671. The van der Waals surface area contributed by atoms with E-state index in [2.05, 4.69) is 10.3 Å². The Bertz CT molecular complexity index is 845. The quantitative estimate of drug-likeness (QED) is 0.769. The van der Waals surface area contributed by atoms with Gasteiger partial charge >= 0.3 is 6.03 Å². The van der Waals surface area contributed by atoms with Gasteiger partial charge in [0.25, 0.3) is 0 Å². The molecule has 0 spiro atoms. The Kier molecular flexibility index (Phi) is 4.99. The molecule has 0 bridgehead atoms. The standard InChI is InChI=1S/C19H20N4O2/c1-22-12-11-20-18(22)14-23(2)19(24)21-15-7-6-10-17(13-15)25-16-8-4-3-5-9-16/h3-13H,14H2,1-2H3,(H,21,24). The Morgan fingerprint density at radius 3 is 2.64 bits per heavy atom. The van der Waals surface area contributed by atoms with Gasteiger partial charge in [0, 0.05) is 38.2 Å². The van der Waals surface area contributed by atoms with Crippen molar-refractivity contribution in [2.75, 3.05) is 12.4 Å². The molecule has 0 aliphatic heterocycles. The van der Waals surface area contributed by atoms with Crippen molar-refractivity contribution in [1.29, 1.82) is 0 Å². The molecule has 0 aliphatic carbocycles. The molecule has 6 nitrogen and oxygen atoms in total. The lowest BCUT2D eigenvalue weighted by Crippen LogP contribution is -2.31. The summed E-state index contributed by atoms with van der Waals surface area (Å²) < 4.78 is 7.67.